The van der Waals surface area contributed by atoms with Gasteiger partial charge < -0.3 is 63.5 Å². The second-order valence-corrected chi connectivity index (χ2v) is 48.0. The van der Waals surface area contributed by atoms with Crippen LogP contribution in [0.5, 0.6) is 17.2 Å². The summed E-state index contributed by atoms with van der Waals surface area (Å²) in [5, 5.41) is 44.5. The van der Waals surface area contributed by atoms with Crippen molar-refractivity contribution < 1.29 is 56.1 Å². The number of aliphatic hydroxyl groups is 4. The van der Waals surface area contributed by atoms with Crippen LogP contribution in [-0.4, -0.2) is 180 Å². The topological polar surface area (TPSA) is 212 Å². The maximum absolute atomic E-state index is 11.6. The Morgan fingerprint density at radius 1 is 0.425 bits per heavy atom. The van der Waals surface area contributed by atoms with Crippen molar-refractivity contribution in [1.82, 2.24) is 15.1 Å². The van der Waals surface area contributed by atoms with Crippen molar-refractivity contribution in [3.8, 4) is 17.2 Å². The van der Waals surface area contributed by atoms with Gasteiger partial charge in [-0.3, -0.25) is 14.0 Å². The van der Waals surface area contributed by atoms with E-state index in [1.165, 1.54) is 11.1 Å². The summed E-state index contributed by atoms with van der Waals surface area (Å²) in [6.45, 7) is 52.8. The highest BCUT2D eigenvalue weighted by molar-refractivity contribution is 7.86. The highest BCUT2D eigenvalue weighted by Crippen LogP contribution is 2.46. The maximum atomic E-state index is 11.6. The number of hydrogen-bond acceptors (Lipinski definition) is 18. The summed E-state index contributed by atoms with van der Waals surface area (Å²) in [5.41, 5.74) is 11.1. The van der Waals surface area contributed by atoms with E-state index >= 15 is 0 Å². The van der Waals surface area contributed by atoms with Gasteiger partial charge >= 0.3 is 0 Å². The summed E-state index contributed by atoms with van der Waals surface area (Å²) in [6.07, 6.45) is 2.33. The molecule has 680 valence electrons. The molecule has 3 unspecified atom stereocenters. The van der Waals surface area contributed by atoms with E-state index in [2.05, 4.69) is 148 Å². The molecule has 3 aliphatic rings. The van der Waals surface area contributed by atoms with E-state index in [1.54, 1.807) is 36.4 Å². The van der Waals surface area contributed by atoms with Crippen LogP contribution >= 0.6 is 69.6 Å². The number of aliphatic hydroxyl groups excluding tert-OH is 4. The van der Waals surface area contributed by atoms with Gasteiger partial charge in [0, 0.05) is 130 Å². The van der Waals surface area contributed by atoms with E-state index in [-0.39, 0.29) is 86.5 Å². The third-order valence-electron chi connectivity index (χ3n) is 23.7. The van der Waals surface area contributed by atoms with Gasteiger partial charge in [-0.15, -0.1) is 0 Å². The zero-order valence-electron chi connectivity index (χ0n) is 74.2. The molecule has 0 aliphatic carbocycles. The zero-order valence-corrected chi connectivity index (χ0v) is 81.5. The van der Waals surface area contributed by atoms with Gasteiger partial charge in [-0.25, -0.2) is 14.5 Å². The lowest BCUT2D eigenvalue weighted by atomic mass is 9.96. The summed E-state index contributed by atoms with van der Waals surface area (Å²) in [7, 11) is -7.38. The first-order valence-corrected chi connectivity index (χ1v) is 52.5. The fourth-order valence-electron chi connectivity index (χ4n) is 14.9. The largest absolute Gasteiger partial charge is 0.491 e. The first-order valence-electron chi connectivity index (χ1n) is 42.6. The summed E-state index contributed by atoms with van der Waals surface area (Å²) in [6, 6.07) is 63.7. The highest BCUT2D eigenvalue weighted by Gasteiger charge is 2.41. The molecule has 0 radical (unpaired) electrons. The number of halogens is 6. The zero-order chi connectivity index (χ0) is 92.2. The molecule has 127 heavy (non-hydrogen) atoms. The summed E-state index contributed by atoms with van der Waals surface area (Å²) in [4.78, 5) is 22.4. The predicted octanol–water partition coefficient (Wildman–Crippen LogP) is 23.0. The van der Waals surface area contributed by atoms with Crippen LogP contribution in [0.3, 0.4) is 0 Å². The Morgan fingerprint density at radius 3 is 1.08 bits per heavy atom. The molecular formula is C97H119Cl6N9O12SSi2. The molecule has 30 heteroatoms. The standard InChI is InChI=1S/C34H43Cl2N3O3Si.C28H29Cl2N3O3.C18H20Cl2N2O2.C17H27NO4SSi/c1-34(2,3)43(5,6)42-21-17-31(25-9-13-28(37-4)14-10-25)38-18-19-39(33(24-38)26-7-11-27(35)12-8-26)32-16-15-29(23-30(32)36)41-22-20-40;1-31-23-8-4-20(5-9-23)26(12-15-34)32-13-14-33(28(19-32)21-2-6-22(29)7-3-21)27-11-10-24(18-25(27)30)36-17-16-35;19-14-3-1-13(2-4-14)18-12-21-7-8-22(18)17-6-5-15(11-16(17)20)24-10-9-23;1-17(2,3)24(6,7)21-13-12-16(22-23(5,19)20)14-8-10-15(18-4)11-9-14/h7-16,23,31,33,40H,17-22,24H2,1-3,5-6H3;2-11,18,26,28,34-35H,12-17,19H2;1-6,11,18,21,23H,7-10,12H2;8-11,16H,12-13H2,1-3,5-7H3/t31?,33-;26?,28-;18-;/m000./s1. The molecule has 0 spiro atoms. The molecule has 3 aliphatic heterocycles. The van der Waals surface area contributed by atoms with Crippen LogP contribution in [0.25, 0.3) is 14.5 Å². The minimum Gasteiger partial charge on any atom is -0.491 e. The third-order valence-corrected chi connectivity index (χ3v) is 35.0. The van der Waals surface area contributed by atoms with Gasteiger partial charge in [-0.1, -0.05) is 220 Å². The molecule has 3 heterocycles. The number of rotatable bonds is 32. The van der Waals surface area contributed by atoms with E-state index in [0.717, 1.165) is 116 Å². The monoisotopic (exact) mass is 1900 g/mol. The molecule has 0 aromatic heterocycles. The van der Waals surface area contributed by atoms with Crippen LogP contribution in [0.15, 0.2) is 200 Å². The van der Waals surface area contributed by atoms with Crippen molar-refractivity contribution in [2.75, 3.05) is 139 Å². The molecule has 9 aromatic rings. The number of nitrogens with zero attached hydrogens (tertiary/aromatic N) is 8. The smallest absolute Gasteiger partial charge is 0.264 e. The maximum Gasteiger partial charge on any atom is 0.264 e. The van der Waals surface area contributed by atoms with Crippen molar-refractivity contribution >= 4 is 130 Å². The van der Waals surface area contributed by atoms with Gasteiger partial charge in [0.05, 0.1) is 96.0 Å². The van der Waals surface area contributed by atoms with Gasteiger partial charge in [0.25, 0.3) is 10.1 Å². The lowest BCUT2D eigenvalue weighted by molar-refractivity contribution is 0.131. The number of anilines is 3. The fraction of sp³-hybridized carbons (Fsp3) is 0.412. The second kappa shape index (κ2) is 48.7. The van der Waals surface area contributed by atoms with Crippen molar-refractivity contribution in [2.24, 2.45) is 0 Å². The summed E-state index contributed by atoms with van der Waals surface area (Å²) < 4.78 is 57.6. The fourth-order valence-corrected chi connectivity index (χ4v) is 18.9. The Bertz CT molecular complexity index is 5200. The number of benzene rings is 9. The molecule has 3 saturated heterocycles. The van der Waals surface area contributed by atoms with Crippen LogP contribution < -0.4 is 34.2 Å². The van der Waals surface area contributed by atoms with Gasteiger partial charge in [0.15, 0.2) is 33.7 Å². The van der Waals surface area contributed by atoms with Gasteiger partial charge in [-0.05, 0) is 155 Å². The SMILES string of the molecule is OCCOc1ccc(N2CCNC[C@H]2c2ccc(Cl)cc2)c(Cl)c1.[C-]#[N+]c1ccc(C(CCO)N2CCN(c3ccc(OCCO)cc3Cl)[C@H](c3ccc(Cl)cc3)C2)cc1.[C-]#[N+]c1ccc(C(CCO[Si](C)(C)C(C)(C)C)N2CCN(c3ccc(OCCO)cc3Cl)[C@H](c3ccc(Cl)cc3)C2)cc1.[C-]#[N+]c1ccc(C(CCO[Si](C)(C)C(C)(C)C)OS(C)(=O)=O)cc1. The average Bonchev–Trinajstić information content (AvgIpc) is 0.778. The molecule has 9 aromatic carbocycles. The minimum absolute atomic E-state index is 0.00133. The lowest BCUT2D eigenvalue weighted by Gasteiger charge is -2.46. The number of nitrogens with one attached hydrogen (secondary N) is 1. The Labute approximate surface area is 783 Å². The molecule has 21 nitrogen and oxygen atoms in total. The van der Waals surface area contributed by atoms with E-state index in [9.17, 15) is 13.5 Å². The second-order valence-electron chi connectivity index (χ2n) is 34.3. The first-order chi connectivity index (χ1) is 60.5. The molecular weight excluding hydrogens is 1780 g/mol. The van der Waals surface area contributed by atoms with Crippen LogP contribution in [0.1, 0.15) is 130 Å². The molecule has 6 atom stereocenters. The molecule has 3 fully saturated rings. The lowest BCUT2D eigenvalue weighted by Crippen LogP contribution is -2.50. The number of ether oxygens (including phenoxy) is 3. The average molecular weight is 1900 g/mol. The van der Waals surface area contributed by atoms with Crippen LogP contribution in [0.2, 0.25) is 66.4 Å². The van der Waals surface area contributed by atoms with E-state index in [4.69, 9.17) is 132 Å². The summed E-state index contributed by atoms with van der Waals surface area (Å²) in [5.74, 6) is 1.91. The van der Waals surface area contributed by atoms with E-state index in [1.807, 2.05) is 127 Å². The minimum atomic E-state index is -3.59. The quantitative estimate of drug-likeness (QED) is 0.0151. The van der Waals surface area contributed by atoms with E-state index in [0.29, 0.717) is 85.5 Å². The van der Waals surface area contributed by atoms with Crippen molar-refractivity contribution in [1.29, 1.82) is 0 Å². The Morgan fingerprint density at radius 2 is 0.756 bits per heavy atom. The van der Waals surface area contributed by atoms with Crippen LogP contribution in [0, 0.1) is 19.7 Å². The number of piperazine rings is 3. The summed E-state index contributed by atoms with van der Waals surface area (Å²) >= 11 is 38.5. The van der Waals surface area contributed by atoms with Crippen LogP contribution in [0.4, 0.5) is 34.1 Å². The predicted molar refractivity (Wildman–Crippen MR) is 522 cm³/mol. The van der Waals surface area contributed by atoms with Crippen molar-refractivity contribution in [3.05, 3.63) is 298 Å². The molecule has 0 saturated carbocycles. The third kappa shape index (κ3) is 30.0. The molecule has 5 N–H and O–H groups in total. The molecule has 12 rings (SSSR count). The Kier molecular flexibility index (Phi) is 39.4. The Hall–Kier alpha value is -8.03. The van der Waals surface area contributed by atoms with Crippen molar-refractivity contribution in [2.45, 2.75) is 133 Å². The van der Waals surface area contributed by atoms with Crippen LogP contribution in [-0.2, 0) is 23.2 Å². The normalized spacial score (nSPS) is 16.6. The highest BCUT2D eigenvalue weighted by atomic mass is 35.5. The number of hydrogen-bond donors (Lipinski definition) is 5. The molecule has 0 amide bonds. The van der Waals surface area contributed by atoms with Gasteiger partial charge in [0.1, 0.15) is 43.2 Å². The van der Waals surface area contributed by atoms with E-state index < -0.39 is 32.9 Å². The van der Waals surface area contributed by atoms with Gasteiger partial charge in [-0.2, -0.15) is 8.42 Å². The molecule has 0 bridgehead atoms. The van der Waals surface area contributed by atoms with Gasteiger partial charge in [0.2, 0.25) is 0 Å². The Balaban J connectivity index is 0.000000197. The van der Waals surface area contributed by atoms with Crippen molar-refractivity contribution in [3.63, 3.8) is 0 Å². The first kappa shape index (κ1) is 103.